The third-order valence-corrected chi connectivity index (χ3v) is 7.07. The summed E-state index contributed by atoms with van der Waals surface area (Å²) >= 11 is 0. The van der Waals surface area contributed by atoms with Crippen molar-refractivity contribution in [1.29, 1.82) is 0 Å². The molecule has 0 aliphatic heterocycles. The zero-order valence-corrected chi connectivity index (χ0v) is 16.9. The largest absolute Gasteiger partial charge is 0.307 e. The predicted octanol–water partition coefficient (Wildman–Crippen LogP) is 7.40. The molecule has 0 radical (unpaired) electrons. The van der Waals surface area contributed by atoms with Crippen LogP contribution in [0.25, 0.3) is 0 Å². The molecular weight excluding hydrogens is 342 g/mol. The first-order chi connectivity index (χ1) is 12.9. The highest BCUT2D eigenvalue weighted by Gasteiger charge is 2.34. The number of Topliss-reactive ketones (excluding diaryl/α,β-unsaturated/α-hetero) is 1. The van der Waals surface area contributed by atoms with E-state index in [1.165, 1.54) is 69.8 Å². The molecule has 2 fully saturated rings. The van der Waals surface area contributed by atoms with E-state index in [9.17, 15) is 13.6 Å². The number of benzene rings is 1. The second-order valence-electron chi connectivity index (χ2n) is 9.02. The number of rotatable bonds is 6. The Bertz CT molecular complexity index is 600. The van der Waals surface area contributed by atoms with Crippen LogP contribution < -0.4 is 0 Å². The first-order valence-corrected chi connectivity index (χ1v) is 10.9. The van der Waals surface area contributed by atoms with Gasteiger partial charge in [-0.1, -0.05) is 56.9 Å². The molecule has 0 spiro atoms. The highest BCUT2D eigenvalue weighted by Crippen LogP contribution is 2.44. The minimum atomic E-state index is -3.30. The van der Waals surface area contributed by atoms with Crippen molar-refractivity contribution in [1.82, 2.24) is 0 Å². The summed E-state index contributed by atoms with van der Waals surface area (Å²) in [6.07, 6.45) is 13.4. The normalized spacial score (nSPS) is 29.5. The summed E-state index contributed by atoms with van der Waals surface area (Å²) in [7, 11) is 0. The maximum absolute atomic E-state index is 13.2. The molecule has 0 heterocycles. The SMILES string of the molecule is CCCC1CCC(C2CCC(c3ccc(C(=O)C(C)(F)F)cc3)CC2)CC1. The Morgan fingerprint density at radius 1 is 0.926 bits per heavy atom. The minimum absolute atomic E-state index is 0.115. The van der Waals surface area contributed by atoms with Gasteiger partial charge in [0.2, 0.25) is 5.78 Å². The van der Waals surface area contributed by atoms with Gasteiger partial charge >= 0.3 is 5.92 Å². The van der Waals surface area contributed by atoms with Crippen LogP contribution in [0.1, 0.15) is 99.9 Å². The molecule has 0 N–H and O–H groups in total. The molecule has 0 atom stereocenters. The molecule has 2 saturated carbocycles. The van der Waals surface area contributed by atoms with Crippen LogP contribution in [0, 0.1) is 17.8 Å². The fourth-order valence-electron chi connectivity index (χ4n) is 5.44. The highest BCUT2D eigenvalue weighted by atomic mass is 19.3. The van der Waals surface area contributed by atoms with Gasteiger partial charge in [0.25, 0.3) is 0 Å². The standard InChI is InChI=1S/C24H34F2O/c1-3-4-17-5-7-18(8-6-17)19-9-11-20(12-10-19)21-13-15-22(16-14-21)23(27)24(2,25)26/h13-20H,3-12H2,1-2H3. The van der Waals surface area contributed by atoms with Gasteiger partial charge in [0.1, 0.15) is 0 Å². The summed E-state index contributed by atoms with van der Waals surface area (Å²) in [5, 5.41) is 0. The molecule has 2 aliphatic rings. The van der Waals surface area contributed by atoms with E-state index in [-0.39, 0.29) is 5.56 Å². The van der Waals surface area contributed by atoms with Crippen molar-refractivity contribution in [3.63, 3.8) is 0 Å². The number of hydrogen-bond acceptors (Lipinski definition) is 1. The number of halogens is 2. The number of carbonyl (C=O) groups excluding carboxylic acids is 1. The minimum Gasteiger partial charge on any atom is -0.287 e. The van der Waals surface area contributed by atoms with E-state index >= 15 is 0 Å². The average molecular weight is 377 g/mol. The van der Waals surface area contributed by atoms with Crippen molar-refractivity contribution in [2.45, 2.75) is 89.9 Å². The molecular formula is C24H34F2O. The highest BCUT2D eigenvalue weighted by molar-refractivity contribution is 6.01. The topological polar surface area (TPSA) is 17.1 Å². The van der Waals surface area contributed by atoms with Crippen molar-refractivity contribution in [3.05, 3.63) is 35.4 Å². The Labute approximate surface area is 162 Å². The van der Waals surface area contributed by atoms with E-state index < -0.39 is 11.7 Å². The molecule has 0 amide bonds. The van der Waals surface area contributed by atoms with E-state index in [1.54, 1.807) is 12.1 Å². The molecule has 150 valence electrons. The monoisotopic (exact) mass is 376 g/mol. The summed E-state index contributed by atoms with van der Waals surface area (Å²) in [4.78, 5) is 11.7. The van der Waals surface area contributed by atoms with Crippen molar-refractivity contribution < 1.29 is 13.6 Å². The lowest BCUT2D eigenvalue weighted by atomic mass is 9.68. The maximum Gasteiger partial charge on any atom is 0.307 e. The zero-order chi connectivity index (χ0) is 19.4. The molecule has 0 bridgehead atoms. The van der Waals surface area contributed by atoms with Gasteiger partial charge in [-0.25, -0.2) is 0 Å². The molecule has 1 nitrogen and oxygen atoms in total. The second-order valence-corrected chi connectivity index (χ2v) is 9.02. The first kappa shape index (κ1) is 20.5. The third kappa shape index (κ3) is 5.18. The van der Waals surface area contributed by atoms with Crippen LogP contribution in [0.15, 0.2) is 24.3 Å². The second kappa shape index (κ2) is 8.84. The van der Waals surface area contributed by atoms with Crippen molar-refractivity contribution in [2.24, 2.45) is 17.8 Å². The average Bonchev–Trinajstić information content (AvgIpc) is 2.68. The Morgan fingerprint density at radius 3 is 1.93 bits per heavy atom. The lowest BCUT2D eigenvalue weighted by Gasteiger charge is -2.38. The molecule has 27 heavy (non-hydrogen) atoms. The van der Waals surface area contributed by atoms with Gasteiger partial charge in [0.05, 0.1) is 0 Å². The van der Waals surface area contributed by atoms with Crippen LogP contribution in [0.4, 0.5) is 8.78 Å². The summed E-state index contributed by atoms with van der Waals surface area (Å²) in [6, 6.07) is 6.94. The van der Waals surface area contributed by atoms with E-state index in [1.807, 2.05) is 12.1 Å². The summed E-state index contributed by atoms with van der Waals surface area (Å²) in [6.45, 7) is 2.96. The molecule has 0 aromatic heterocycles. The van der Waals surface area contributed by atoms with Gasteiger partial charge in [0, 0.05) is 12.5 Å². The van der Waals surface area contributed by atoms with Crippen molar-refractivity contribution >= 4 is 5.78 Å². The molecule has 2 aliphatic carbocycles. The van der Waals surface area contributed by atoms with Gasteiger partial charge in [-0.05, 0) is 67.8 Å². The molecule has 0 unspecified atom stereocenters. The molecule has 0 saturated heterocycles. The fourth-order valence-corrected chi connectivity index (χ4v) is 5.44. The van der Waals surface area contributed by atoms with E-state index in [0.717, 1.165) is 17.8 Å². The smallest absolute Gasteiger partial charge is 0.287 e. The lowest BCUT2D eigenvalue weighted by molar-refractivity contribution is 0.0221. The lowest BCUT2D eigenvalue weighted by Crippen LogP contribution is -2.25. The van der Waals surface area contributed by atoms with Crippen LogP contribution in [0.2, 0.25) is 0 Å². The van der Waals surface area contributed by atoms with Crippen LogP contribution in [-0.4, -0.2) is 11.7 Å². The van der Waals surface area contributed by atoms with Crippen LogP contribution in [0.3, 0.4) is 0 Å². The van der Waals surface area contributed by atoms with Crippen molar-refractivity contribution in [3.8, 4) is 0 Å². The predicted molar refractivity (Wildman–Crippen MR) is 106 cm³/mol. The number of ketones is 1. The zero-order valence-electron chi connectivity index (χ0n) is 16.9. The van der Waals surface area contributed by atoms with Gasteiger partial charge in [-0.2, -0.15) is 8.78 Å². The van der Waals surface area contributed by atoms with Crippen LogP contribution in [0.5, 0.6) is 0 Å². The number of carbonyl (C=O) groups is 1. The Morgan fingerprint density at radius 2 is 1.44 bits per heavy atom. The Kier molecular flexibility index (Phi) is 6.70. The van der Waals surface area contributed by atoms with Crippen molar-refractivity contribution in [2.75, 3.05) is 0 Å². The first-order valence-electron chi connectivity index (χ1n) is 10.9. The third-order valence-electron chi connectivity index (χ3n) is 7.07. The quantitative estimate of drug-likeness (QED) is 0.473. The van der Waals surface area contributed by atoms with E-state index in [4.69, 9.17) is 0 Å². The van der Waals surface area contributed by atoms with Crippen LogP contribution in [-0.2, 0) is 0 Å². The number of alkyl halides is 2. The molecule has 1 aromatic rings. The van der Waals surface area contributed by atoms with E-state index in [2.05, 4.69) is 6.92 Å². The van der Waals surface area contributed by atoms with Gasteiger partial charge in [-0.15, -0.1) is 0 Å². The number of hydrogen-bond donors (Lipinski definition) is 0. The molecule has 3 heteroatoms. The summed E-state index contributed by atoms with van der Waals surface area (Å²) in [5.41, 5.74) is 1.32. The fraction of sp³-hybridized carbons (Fsp3) is 0.708. The van der Waals surface area contributed by atoms with E-state index in [0.29, 0.717) is 12.8 Å². The van der Waals surface area contributed by atoms with Gasteiger partial charge in [-0.3, -0.25) is 4.79 Å². The Balaban J connectivity index is 1.50. The summed E-state index contributed by atoms with van der Waals surface area (Å²) < 4.78 is 26.4. The van der Waals surface area contributed by atoms with Crippen LogP contribution >= 0.6 is 0 Å². The molecule has 3 rings (SSSR count). The summed E-state index contributed by atoms with van der Waals surface area (Å²) in [5.74, 6) is -1.09. The van der Waals surface area contributed by atoms with Gasteiger partial charge in [0.15, 0.2) is 0 Å². The maximum atomic E-state index is 13.2. The van der Waals surface area contributed by atoms with Gasteiger partial charge < -0.3 is 0 Å². The molecule has 1 aromatic carbocycles. The Hall–Kier alpha value is -1.25.